The second-order valence-corrected chi connectivity index (χ2v) is 5.36. The number of nitrogens with zero attached hydrogens (tertiary/aromatic N) is 1. The number of hydrogen-bond acceptors (Lipinski definition) is 5. The zero-order valence-corrected chi connectivity index (χ0v) is 11.9. The molecule has 0 radical (unpaired) electrons. The Labute approximate surface area is 122 Å². The molecule has 2 N–H and O–H groups in total. The van der Waals surface area contributed by atoms with Gasteiger partial charge in [-0.2, -0.15) is 0 Å². The van der Waals surface area contributed by atoms with Crippen LogP contribution in [-0.2, 0) is 23.9 Å². The molecule has 114 valence electrons. The molecule has 0 saturated carbocycles. The topological polar surface area (TPSA) is 107 Å². The van der Waals surface area contributed by atoms with Gasteiger partial charge in [-0.3, -0.25) is 19.3 Å². The number of ether oxygens (including phenoxy) is 1. The Kier molecular flexibility index (Phi) is 4.11. The van der Waals surface area contributed by atoms with E-state index in [-0.39, 0.29) is 11.8 Å². The predicted molar refractivity (Wildman–Crippen MR) is 71.4 cm³/mol. The third-order valence-electron chi connectivity index (χ3n) is 3.96. The fourth-order valence-corrected chi connectivity index (χ4v) is 2.64. The summed E-state index contributed by atoms with van der Waals surface area (Å²) in [6.07, 6.45) is 3.65. The van der Waals surface area contributed by atoms with Crippen LogP contribution in [0.4, 0.5) is 0 Å². The quantitative estimate of drug-likeness (QED) is 0.437. The fourth-order valence-electron chi connectivity index (χ4n) is 2.64. The minimum Gasteiger partial charge on any atom is -0.451 e. The molecule has 0 bridgehead atoms. The first-order valence-electron chi connectivity index (χ1n) is 6.86. The second kappa shape index (κ2) is 5.67. The third-order valence-corrected chi connectivity index (χ3v) is 3.96. The highest BCUT2D eigenvalue weighted by Crippen LogP contribution is 2.36. The number of allylic oxidation sites excluding steroid dienone is 2. The minimum absolute atomic E-state index is 0.356. The monoisotopic (exact) mass is 294 g/mol. The van der Waals surface area contributed by atoms with Crippen LogP contribution in [0, 0.1) is 11.8 Å². The number of fused-ring (bicyclic) bond motifs is 1. The maximum absolute atomic E-state index is 12.3. The Morgan fingerprint density at radius 3 is 2.10 bits per heavy atom. The fraction of sp³-hybridized carbons (Fsp3) is 0.571. The van der Waals surface area contributed by atoms with Crippen LogP contribution in [0.25, 0.3) is 0 Å². The van der Waals surface area contributed by atoms with E-state index in [9.17, 15) is 19.2 Å². The molecule has 4 atom stereocenters. The lowest BCUT2D eigenvalue weighted by atomic mass is 9.85. The summed E-state index contributed by atoms with van der Waals surface area (Å²) in [6, 6.07) is -1.06. The first-order valence-corrected chi connectivity index (χ1v) is 6.86. The molecule has 2 rings (SSSR count). The number of carbonyl (C=O) groups excluding carboxylic acids is 4. The van der Waals surface area contributed by atoms with E-state index in [0.29, 0.717) is 12.8 Å². The van der Waals surface area contributed by atoms with E-state index in [1.807, 2.05) is 12.2 Å². The van der Waals surface area contributed by atoms with Gasteiger partial charge in [0.1, 0.15) is 6.04 Å². The van der Waals surface area contributed by atoms with Crippen LogP contribution in [0.3, 0.4) is 0 Å². The minimum atomic E-state index is -1.10. The highest BCUT2D eigenvalue weighted by atomic mass is 16.5. The van der Waals surface area contributed by atoms with Gasteiger partial charge in [0.25, 0.3) is 5.91 Å². The Bertz CT molecular complexity index is 501. The molecule has 0 spiro atoms. The number of amides is 3. The molecule has 1 saturated heterocycles. The normalized spacial score (nSPS) is 27.2. The average molecular weight is 294 g/mol. The van der Waals surface area contributed by atoms with E-state index in [1.165, 1.54) is 13.8 Å². The standard InChI is InChI=1S/C14H18N2O5/c1-7(14(20)21-8(2)11(15)17)16-12(18)9-5-3-4-6-10(9)13(16)19/h3-4,7-10H,5-6H2,1-2H3,(H2,15,17)/t7-,8+,9-,10+/m0/s1. The van der Waals surface area contributed by atoms with Crippen molar-refractivity contribution in [2.75, 3.05) is 0 Å². The Morgan fingerprint density at radius 1 is 1.19 bits per heavy atom. The molecule has 0 aromatic carbocycles. The van der Waals surface area contributed by atoms with E-state index in [0.717, 1.165) is 4.90 Å². The van der Waals surface area contributed by atoms with Crippen LogP contribution in [0.15, 0.2) is 12.2 Å². The van der Waals surface area contributed by atoms with E-state index >= 15 is 0 Å². The Morgan fingerprint density at radius 2 is 1.67 bits per heavy atom. The number of imide groups is 1. The summed E-state index contributed by atoms with van der Waals surface area (Å²) in [5, 5.41) is 0. The molecule has 1 aliphatic carbocycles. The van der Waals surface area contributed by atoms with Crippen molar-refractivity contribution < 1.29 is 23.9 Å². The van der Waals surface area contributed by atoms with Gasteiger partial charge in [0, 0.05) is 0 Å². The molecule has 1 heterocycles. The number of esters is 1. The van der Waals surface area contributed by atoms with E-state index in [1.54, 1.807) is 0 Å². The number of nitrogens with two attached hydrogens (primary N) is 1. The highest BCUT2D eigenvalue weighted by Gasteiger charge is 2.50. The van der Waals surface area contributed by atoms with E-state index in [4.69, 9.17) is 10.5 Å². The zero-order valence-electron chi connectivity index (χ0n) is 11.9. The van der Waals surface area contributed by atoms with Gasteiger partial charge in [0.2, 0.25) is 11.8 Å². The summed E-state index contributed by atoms with van der Waals surface area (Å²) in [7, 11) is 0. The van der Waals surface area contributed by atoms with Crippen molar-refractivity contribution in [1.82, 2.24) is 4.90 Å². The van der Waals surface area contributed by atoms with Crippen LogP contribution in [0.2, 0.25) is 0 Å². The van der Waals surface area contributed by atoms with Crippen LogP contribution >= 0.6 is 0 Å². The van der Waals surface area contributed by atoms with Crippen molar-refractivity contribution in [3.63, 3.8) is 0 Å². The number of likely N-dealkylation sites (tertiary alicyclic amines) is 1. The number of carbonyl (C=O) groups is 4. The van der Waals surface area contributed by atoms with Gasteiger partial charge >= 0.3 is 5.97 Å². The summed E-state index contributed by atoms with van der Waals surface area (Å²) in [5.74, 6) is -3.10. The average Bonchev–Trinajstić information content (AvgIpc) is 2.70. The lowest BCUT2D eigenvalue weighted by Gasteiger charge is -2.22. The van der Waals surface area contributed by atoms with Crippen molar-refractivity contribution in [1.29, 1.82) is 0 Å². The lowest BCUT2D eigenvalue weighted by Crippen LogP contribution is -2.46. The maximum Gasteiger partial charge on any atom is 0.329 e. The summed E-state index contributed by atoms with van der Waals surface area (Å²) in [5.41, 5.74) is 5.02. The molecule has 2 aliphatic rings. The number of rotatable bonds is 4. The third kappa shape index (κ3) is 2.68. The summed E-state index contributed by atoms with van der Waals surface area (Å²) in [6.45, 7) is 2.75. The van der Waals surface area contributed by atoms with Crippen LogP contribution in [0.5, 0.6) is 0 Å². The van der Waals surface area contributed by atoms with Crippen molar-refractivity contribution in [3.05, 3.63) is 12.2 Å². The van der Waals surface area contributed by atoms with Crippen molar-refractivity contribution >= 4 is 23.7 Å². The largest absolute Gasteiger partial charge is 0.451 e. The summed E-state index contributed by atoms with van der Waals surface area (Å²) >= 11 is 0. The molecular weight excluding hydrogens is 276 g/mol. The predicted octanol–water partition coefficient (Wildman–Crippen LogP) is -0.257. The maximum atomic E-state index is 12.3. The first-order chi connectivity index (χ1) is 9.84. The smallest absolute Gasteiger partial charge is 0.329 e. The summed E-state index contributed by atoms with van der Waals surface area (Å²) in [4.78, 5) is 48.4. The Hall–Kier alpha value is -2.18. The molecule has 3 amide bonds. The molecule has 0 unspecified atom stereocenters. The van der Waals surface area contributed by atoms with Crippen LogP contribution in [-0.4, -0.2) is 40.7 Å². The van der Waals surface area contributed by atoms with Crippen LogP contribution < -0.4 is 5.73 Å². The van der Waals surface area contributed by atoms with Crippen molar-refractivity contribution in [2.45, 2.75) is 38.8 Å². The zero-order chi connectivity index (χ0) is 15.7. The van der Waals surface area contributed by atoms with Crippen molar-refractivity contribution in [3.8, 4) is 0 Å². The Balaban J connectivity index is 2.11. The number of primary amides is 1. The van der Waals surface area contributed by atoms with E-state index in [2.05, 4.69) is 0 Å². The lowest BCUT2D eigenvalue weighted by molar-refractivity contribution is -0.163. The molecule has 7 nitrogen and oxygen atoms in total. The molecule has 7 heteroatoms. The molecule has 1 aliphatic heterocycles. The van der Waals surface area contributed by atoms with Gasteiger partial charge in [-0.15, -0.1) is 0 Å². The molecule has 1 fully saturated rings. The van der Waals surface area contributed by atoms with Gasteiger partial charge in [-0.05, 0) is 26.7 Å². The highest BCUT2D eigenvalue weighted by molar-refractivity contribution is 6.08. The van der Waals surface area contributed by atoms with Gasteiger partial charge in [0.15, 0.2) is 6.10 Å². The number of hydrogen-bond donors (Lipinski definition) is 1. The second-order valence-electron chi connectivity index (χ2n) is 5.36. The SMILES string of the molecule is C[C@@H](OC(=O)[C@H](C)N1C(=O)[C@H]2CC=CC[C@H]2C1=O)C(N)=O. The first kappa shape index (κ1) is 15.2. The molecule has 21 heavy (non-hydrogen) atoms. The summed E-state index contributed by atoms with van der Waals surface area (Å²) < 4.78 is 4.86. The molecule has 0 aromatic rings. The van der Waals surface area contributed by atoms with Gasteiger partial charge in [-0.1, -0.05) is 12.2 Å². The van der Waals surface area contributed by atoms with Gasteiger partial charge in [0.05, 0.1) is 11.8 Å². The van der Waals surface area contributed by atoms with Crippen LogP contribution in [0.1, 0.15) is 26.7 Å². The molecule has 0 aromatic heterocycles. The van der Waals surface area contributed by atoms with Crippen molar-refractivity contribution in [2.24, 2.45) is 17.6 Å². The molecular formula is C14H18N2O5. The van der Waals surface area contributed by atoms with E-state index < -0.39 is 35.9 Å². The van der Waals surface area contributed by atoms with Gasteiger partial charge < -0.3 is 10.5 Å². The van der Waals surface area contributed by atoms with Gasteiger partial charge in [-0.25, -0.2) is 4.79 Å².